The normalized spacial score (nSPS) is 10.9. The molecule has 0 fully saturated rings. The van der Waals surface area contributed by atoms with E-state index in [-0.39, 0.29) is 5.82 Å². The monoisotopic (exact) mass is 280 g/mol. The number of nitrogens with one attached hydrogen (secondary N) is 1. The van der Waals surface area contributed by atoms with Crippen molar-refractivity contribution in [2.75, 3.05) is 6.54 Å². The zero-order valence-corrected chi connectivity index (χ0v) is 11.9. The third-order valence-electron chi connectivity index (χ3n) is 2.65. The zero-order chi connectivity index (χ0) is 13.7. The Balaban J connectivity index is 2.20. The second-order valence-corrected chi connectivity index (χ2v) is 5.15. The fourth-order valence-electron chi connectivity index (χ4n) is 1.68. The van der Waals surface area contributed by atoms with Crippen molar-refractivity contribution in [2.24, 2.45) is 7.05 Å². The summed E-state index contributed by atoms with van der Waals surface area (Å²) in [5.74, 6) is -0.219. The van der Waals surface area contributed by atoms with Crippen LogP contribution in [0.4, 0.5) is 4.39 Å². The fourth-order valence-corrected chi connectivity index (χ4v) is 2.57. The number of halogens is 1. The van der Waals surface area contributed by atoms with Gasteiger partial charge in [0.1, 0.15) is 12.1 Å². The van der Waals surface area contributed by atoms with Gasteiger partial charge in [0.05, 0.1) is 4.90 Å². The highest BCUT2D eigenvalue weighted by molar-refractivity contribution is 7.99. The summed E-state index contributed by atoms with van der Waals surface area (Å²) in [5.41, 5.74) is 0.946. The first kappa shape index (κ1) is 14.0. The Labute approximate surface area is 116 Å². The zero-order valence-electron chi connectivity index (χ0n) is 11.1. The summed E-state index contributed by atoms with van der Waals surface area (Å²) in [6, 6.07) is 5.14. The molecule has 0 aliphatic carbocycles. The molecule has 0 unspecified atom stereocenters. The lowest BCUT2D eigenvalue weighted by atomic mass is 10.2. The highest BCUT2D eigenvalue weighted by Crippen LogP contribution is 2.31. The number of nitrogens with zero attached hydrogens (tertiary/aromatic N) is 3. The van der Waals surface area contributed by atoms with Crippen molar-refractivity contribution >= 4 is 11.8 Å². The molecule has 0 atom stereocenters. The molecule has 0 aliphatic heterocycles. The lowest BCUT2D eigenvalue weighted by Crippen LogP contribution is -2.14. The summed E-state index contributed by atoms with van der Waals surface area (Å²) < 4.78 is 15.6. The average molecular weight is 280 g/mol. The number of hydrogen-bond donors (Lipinski definition) is 1. The van der Waals surface area contributed by atoms with Gasteiger partial charge in [0.15, 0.2) is 5.16 Å². The van der Waals surface area contributed by atoms with Gasteiger partial charge in [-0.25, -0.2) is 14.1 Å². The topological polar surface area (TPSA) is 42.7 Å². The standard InChI is InChI=1S/C13H17FN4S/c1-3-7-15-8-10-5-4-6-11(14)12(10)19-13-16-9-17-18(13)2/h4-6,9,15H,3,7-8H2,1-2H3. The summed E-state index contributed by atoms with van der Waals surface area (Å²) in [6.07, 6.45) is 2.53. The Kier molecular flexibility index (Phi) is 4.93. The first-order valence-electron chi connectivity index (χ1n) is 6.22. The van der Waals surface area contributed by atoms with Gasteiger partial charge in [-0.3, -0.25) is 0 Å². The first-order valence-corrected chi connectivity index (χ1v) is 7.04. The molecule has 0 saturated heterocycles. The van der Waals surface area contributed by atoms with Crippen molar-refractivity contribution in [3.63, 3.8) is 0 Å². The molecule has 19 heavy (non-hydrogen) atoms. The van der Waals surface area contributed by atoms with Gasteiger partial charge in [0.25, 0.3) is 0 Å². The summed E-state index contributed by atoms with van der Waals surface area (Å²) in [4.78, 5) is 4.73. The molecule has 4 nitrogen and oxygen atoms in total. The molecule has 6 heteroatoms. The van der Waals surface area contributed by atoms with E-state index in [0.29, 0.717) is 16.6 Å². The van der Waals surface area contributed by atoms with Gasteiger partial charge in [-0.2, -0.15) is 5.10 Å². The molecule has 1 aromatic heterocycles. The summed E-state index contributed by atoms with van der Waals surface area (Å²) in [6.45, 7) is 3.68. The minimum atomic E-state index is -0.219. The van der Waals surface area contributed by atoms with Gasteiger partial charge >= 0.3 is 0 Å². The Morgan fingerprint density at radius 3 is 2.95 bits per heavy atom. The molecule has 0 amide bonds. The largest absolute Gasteiger partial charge is 0.313 e. The molecule has 1 N–H and O–H groups in total. The van der Waals surface area contributed by atoms with Crippen molar-refractivity contribution in [2.45, 2.75) is 29.9 Å². The molecule has 0 spiro atoms. The minimum absolute atomic E-state index is 0.219. The molecule has 0 saturated carbocycles. The van der Waals surface area contributed by atoms with Crippen LogP contribution < -0.4 is 5.32 Å². The lowest BCUT2D eigenvalue weighted by molar-refractivity contribution is 0.587. The highest BCUT2D eigenvalue weighted by atomic mass is 32.2. The second kappa shape index (κ2) is 6.68. The molecular weight excluding hydrogens is 263 g/mol. The average Bonchev–Trinajstić information content (AvgIpc) is 2.79. The molecule has 1 aromatic carbocycles. The van der Waals surface area contributed by atoms with Crippen LogP contribution in [0.1, 0.15) is 18.9 Å². The van der Waals surface area contributed by atoms with Crippen LogP contribution in [0, 0.1) is 5.82 Å². The SMILES string of the molecule is CCCNCc1cccc(F)c1Sc1ncnn1C. The van der Waals surface area contributed by atoms with E-state index in [1.807, 2.05) is 6.07 Å². The van der Waals surface area contributed by atoms with Crippen molar-refractivity contribution in [1.29, 1.82) is 0 Å². The van der Waals surface area contributed by atoms with Crippen molar-refractivity contribution in [3.8, 4) is 0 Å². The van der Waals surface area contributed by atoms with E-state index in [4.69, 9.17) is 0 Å². The maximum absolute atomic E-state index is 14.0. The van der Waals surface area contributed by atoms with Crippen LogP contribution in [0.5, 0.6) is 0 Å². The highest BCUT2D eigenvalue weighted by Gasteiger charge is 2.12. The second-order valence-electron chi connectivity index (χ2n) is 4.17. The first-order chi connectivity index (χ1) is 9.22. The predicted octanol–water partition coefficient (Wildman–Crippen LogP) is 2.61. The van der Waals surface area contributed by atoms with E-state index in [1.165, 1.54) is 24.2 Å². The Morgan fingerprint density at radius 1 is 1.42 bits per heavy atom. The van der Waals surface area contributed by atoms with E-state index in [9.17, 15) is 4.39 Å². The third-order valence-corrected chi connectivity index (χ3v) is 3.87. The third kappa shape index (κ3) is 3.54. The van der Waals surface area contributed by atoms with Crippen LogP contribution in [0.15, 0.2) is 34.6 Å². The van der Waals surface area contributed by atoms with Crippen molar-refractivity contribution < 1.29 is 4.39 Å². The van der Waals surface area contributed by atoms with Crippen LogP contribution in [-0.2, 0) is 13.6 Å². The van der Waals surface area contributed by atoms with Crippen LogP contribution in [0.25, 0.3) is 0 Å². The van der Waals surface area contributed by atoms with Gasteiger partial charge in [0.2, 0.25) is 0 Å². The molecule has 0 radical (unpaired) electrons. The van der Waals surface area contributed by atoms with Crippen LogP contribution in [-0.4, -0.2) is 21.3 Å². The molecule has 0 aliphatic rings. The minimum Gasteiger partial charge on any atom is -0.313 e. The van der Waals surface area contributed by atoms with Crippen LogP contribution in [0.2, 0.25) is 0 Å². The summed E-state index contributed by atoms with van der Waals surface area (Å²) in [7, 11) is 1.80. The maximum atomic E-state index is 14.0. The Morgan fingerprint density at radius 2 is 2.26 bits per heavy atom. The van der Waals surface area contributed by atoms with Gasteiger partial charge in [-0.15, -0.1) is 0 Å². The summed E-state index contributed by atoms with van der Waals surface area (Å²) in [5, 5.41) is 7.97. The van der Waals surface area contributed by atoms with Crippen molar-refractivity contribution in [1.82, 2.24) is 20.1 Å². The van der Waals surface area contributed by atoms with E-state index >= 15 is 0 Å². The smallest absolute Gasteiger partial charge is 0.190 e. The van der Waals surface area contributed by atoms with Crippen LogP contribution in [0.3, 0.4) is 0 Å². The van der Waals surface area contributed by atoms with Gasteiger partial charge < -0.3 is 5.32 Å². The molecule has 1 heterocycles. The quantitative estimate of drug-likeness (QED) is 0.826. The Bertz CT molecular complexity index is 541. The molecule has 102 valence electrons. The van der Waals surface area contributed by atoms with Gasteiger partial charge in [0, 0.05) is 13.6 Å². The van der Waals surface area contributed by atoms with E-state index < -0.39 is 0 Å². The van der Waals surface area contributed by atoms with Crippen molar-refractivity contribution in [3.05, 3.63) is 35.9 Å². The predicted molar refractivity (Wildman–Crippen MR) is 73.5 cm³/mol. The molecule has 2 aromatic rings. The number of benzene rings is 1. The fraction of sp³-hybridized carbons (Fsp3) is 0.385. The van der Waals surface area contributed by atoms with E-state index in [0.717, 1.165) is 18.5 Å². The number of aromatic nitrogens is 3. The van der Waals surface area contributed by atoms with E-state index in [1.54, 1.807) is 17.8 Å². The lowest BCUT2D eigenvalue weighted by Gasteiger charge is -2.10. The number of rotatable bonds is 6. The Hall–Kier alpha value is -1.40. The van der Waals surface area contributed by atoms with Gasteiger partial charge in [-0.1, -0.05) is 19.1 Å². The number of aryl methyl sites for hydroxylation is 1. The number of hydrogen-bond acceptors (Lipinski definition) is 4. The van der Waals surface area contributed by atoms with Crippen LogP contribution >= 0.6 is 11.8 Å². The van der Waals surface area contributed by atoms with E-state index in [2.05, 4.69) is 22.3 Å². The maximum Gasteiger partial charge on any atom is 0.190 e. The van der Waals surface area contributed by atoms with Gasteiger partial charge in [-0.05, 0) is 36.4 Å². The molecule has 2 rings (SSSR count). The summed E-state index contributed by atoms with van der Waals surface area (Å²) >= 11 is 1.31. The molecule has 0 bridgehead atoms. The molecular formula is C13H17FN4S.